The molecule has 0 radical (unpaired) electrons. The van der Waals surface area contributed by atoms with E-state index < -0.39 is 0 Å². The van der Waals surface area contributed by atoms with E-state index in [1.165, 1.54) is 36.8 Å². The van der Waals surface area contributed by atoms with E-state index in [0.717, 1.165) is 18.1 Å². The van der Waals surface area contributed by atoms with E-state index in [-0.39, 0.29) is 12.5 Å². The highest BCUT2D eigenvalue weighted by molar-refractivity contribution is 5.26. The quantitative estimate of drug-likeness (QED) is 0.201. The number of rotatable bonds is 13. The third-order valence-electron chi connectivity index (χ3n) is 5.95. The van der Waals surface area contributed by atoms with Crippen LogP contribution in [0.15, 0.2) is 54.6 Å². The van der Waals surface area contributed by atoms with Gasteiger partial charge >= 0.3 is 0 Å². The van der Waals surface area contributed by atoms with Gasteiger partial charge in [-0.2, -0.15) is 0 Å². The van der Waals surface area contributed by atoms with Crippen LogP contribution < -0.4 is 4.74 Å². The molecule has 0 aliphatic rings. The van der Waals surface area contributed by atoms with E-state index in [2.05, 4.69) is 59.1 Å². The van der Waals surface area contributed by atoms with E-state index in [0.29, 0.717) is 11.1 Å². The second-order valence-corrected chi connectivity index (χ2v) is 9.20. The van der Waals surface area contributed by atoms with E-state index in [4.69, 9.17) is 9.47 Å². The Kier molecular flexibility index (Phi) is 9.87. The number of quaternary nitrogens is 1. The lowest BCUT2D eigenvalue weighted by Crippen LogP contribution is -2.53. The zero-order valence-corrected chi connectivity index (χ0v) is 19.9. The van der Waals surface area contributed by atoms with Gasteiger partial charge in [-0.25, -0.2) is 0 Å². The molecule has 166 valence electrons. The van der Waals surface area contributed by atoms with Gasteiger partial charge in [0, 0.05) is 6.92 Å². The molecule has 0 saturated carbocycles. The average Bonchev–Trinajstić information content (AvgIpc) is 2.73. The minimum atomic E-state index is -0.144. The van der Waals surface area contributed by atoms with Gasteiger partial charge in [0.2, 0.25) is 0 Å². The molecule has 0 aliphatic heterocycles. The lowest BCUT2D eigenvalue weighted by Gasteiger charge is -2.41. The van der Waals surface area contributed by atoms with Gasteiger partial charge in [0.05, 0.1) is 26.3 Å². The number of ether oxygens (including phenoxy) is 2. The van der Waals surface area contributed by atoms with Crippen LogP contribution in [-0.4, -0.2) is 31.4 Å². The van der Waals surface area contributed by atoms with Crippen molar-refractivity contribution < 1.29 is 14.0 Å². The number of hydrogen-bond donors (Lipinski definition) is 0. The average molecular weight is 413 g/mol. The highest BCUT2D eigenvalue weighted by Gasteiger charge is 2.37. The number of nitrogens with zero attached hydrogens (tertiary/aromatic N) is 1. The predicted octanol–water partition coefficient (Wildman–Crippen LogP) is 6.98. The van der Waals surface area contributed by atoms with Crippen LogP contribution in [0.25, 0.3) is 0 Å². The van der Waals surface area contributed by atoms with Crippen LogP contribution in [0, 0.1) is 5.92 Å². The summed E-state index contributed by atoms with van der Waals surface area (Å²) in [4.78, 5) is 0. The summed E-state index contributed by atoms with van der Waals surface area (Å²) < 4.78 is 13.1. The smallest absolute Gasteiger partial charge is 0.261 e. The van der Waals surface area contributed by atoms with Gasteiger partial charge < -0.3 is 9.47 Å². The van der Waals surface area contributed by atoms with Crippen molar-refractivity contribution in [2.45, 2.75) is 72.3 Å². The second-order valence-electron chi connectivity index (χ2n) is 9.20. The SMILES string of the molecule is CCOC(C)[N+](C)(C)C(Oc1ccccc1)c1ccc(CCCCCC(C)C)cc1. The molecule has 3 nitrogen and oxygen atoms in total. The van der Waals surface area contributed by atoms with Crippen molar-refractivity contribution in [1.29, 1.82) is 0 Å². The maximum atomic E-state index is 6.50. The van der Waals surface area contributed by atoms with Crippen molar-refractivity contribution in [1.82, 2.24) is 0 Å². The summed E-state index contributed by atoms with van der Waals surface area (Å²) in [6.07, 6.45) is 6.27. The van der Waals surface area contributed by atoms with Crippen LogP contribution in [-0.2, 0) is 11.2 Å². The summed E-state index contributed by atoms with van der Waals surface area (Å²) in [5, 5.41) is 0. The molecule has 3 heteroatoms. The van der Waals surface area contributed by atoms with Crippen LogP contribution in [0.3, 0.4) is 0 Å². The first-order valence-electron chi connectivity index (χ1n) is 11.6. The van der Waals surface area contributed by atoms with E-state index in [1.54, 1.807) is 0 Å². The molecule has 0 amide bonds. The molecule has 0 fully saturated rings. The van der Waals surface area contributed by atoms with Crippen molar-refractivity contribution in [3.8, 4) is 5.75 Å². The number of benzene rings is 2. The summed E-state index contributed by atoms with van der Waals surface area (Å²) in [7, 11) is 4.35. The monoisotopic (exact) mass is 412 g/mol. The number of aryl methyl sites for hydroxylation is 1. The highest BCUT2D eigenvalue weighted by Crippen LogP contribution is 2.32. The van der Waals surface area contributed by atoms with Crippen molar-refractivity contribution >= 4 is 0 Å². The minimum Gasteiger partial charge on any atom is -0.438 e. The standard InChI is InChI=1S/C27H42NO2/c1-7-29-23(4)28(5,6)27(30-26-16-12-9-13-17-26)25-20-18-24(19-21-25)15-11-8-10-14-22(2)3/h9,12-13,16-23,27H,7-8,10-11,14-15H2,1-6H3/q+1. The number of hydrogen-bond acceptors (Lipinski definition) is 2. The first-order valence-corrected chi connectivity index (χ1v) is 11.6. The molecule has 0 aliphatic carbocycles. The lowest BCUT2D eigenvalue weighted by atomic mass is 10.0. The van der Waals surface area contributed by atoms with Crippen molar-refractivity contribution in [2.75, 3.05) is 20.7 Å². The molecular weight excluding hydrogens is 370 g/mol. The fourth-order valence-electron chi connectivity index (χ4n) is 3.75. The second kappa shape index (κ2) is 12.1. The molecular formula is C27H42NO2+. The predicted molar refractivity (Wildman–Crippen MR) is 126 cm³/mol. The van der Waals surface area contributed by atoms with Crippen molar-refractivity contribution in [3.05, 3.63) is 65.7 Å². The van der Waals surface area contributed by atoms with Crippen LogP contribution in [0.5, 0.6) is 5.75 Å². The Hall–Kier alpha value is -1.84. The summed E-state index contributed by atoms with van der Waals surface area (Å²) in [5.74, 6) is 1.69. The van der Waals surface area contributed by atoms with Gasteiger partial charge in [0.1, 0.15) is 5.75 Å². The third-order valence-corrected chi connectivity index (χ3v) is 5.95. The Morgan fingerprint density at radius 2 is 1.50 bits per heavy atom. The van der Waals surface area contributed by atoms with Crippen LogP contribution in [0.1, 0.15) is 70.7 Å². The normalized spacial score (nSPS) is 14.0. The van der Waals surface area contributed by atoms with Gasteiger partial charge in [0.15, 0.2) is 6.23 Å². The molecule has 0 aromatic heterocycles. The maximum absolute atomic E-state index is 6.50. The molecule has 0 spiro atoms. The fraction of sp³-hybridized carbons (Fsp3) is 0.556. The zero-order chi connectivity index (χ0) is 22.0. The summed E-state index contributed by atoms with van der Waals surface area (Å²) in [5.41, 5.74) is 2.59. The minimum absolute atomic E-state index is 0.0179. The molecule has 2 unspecified atom stereocenters. The molecule has 0 N–H and O–H groups in total. The van der Waals surface area contributed by atoms with Crippen LogP contribution in [0.2, 0.25) is 0 Å². The third kappa shape index (κ3) is 7.45. The highest BCUT2D eigenvalue weighted by atomic mass is 16.5. The van der Waals surface area contributed by atoms with Gasteiger partial charge in [-0.3, -0.25) is 4.48 Å². The number of para-hydroxylation sites is 1. The van der Waals surface area contributed by atoms with E-state index in [9.17, 15) is 0 Å². The Labute approximate surface area is 184 Å². The van der Waals surface area contributed by atoms with Gasteiger partial charge in [-0.15, -0.1) is 0 Å². The molecule has 30 heavy (non-hydrogen) atoms. The number of unbranched alkanes of at least 4 members (excludes halogenated alkanes) is 2. The molecule has 2 aromatic carbocycles. The zero-order valence-electron chi connectivity index (χ0n) is 19.9. The topological polar surface area (TPSA) is 18.5 Å². The van der Waals surface area contributed by atoms with Crippen molar-refractivity contribution in [3.63, 3.8) is 0 Å². The first kappa shape index (κ1) is 24.4. The molecule has 2 aromatic rings. The Balaban J connectivity index is 2.11. The van der Waals surface area contributed by atoms with E-state index >= 15 is 0 Å². The fourth-order valence-corrected chi connectivity index (χ4v) is 3.75. The van der Waals surface area contributed by atoms with Gasteiger partial charge in [-0.1, -0.05) is 63.4 Å². The first-order chi connectivity index (χ1) is 14.3. The Morgan fingerprint density at radius 3 is 2.10 bits per heavy atom. The van der Waals surface area contributed by atoms with Gasteiger partial charge in [0.25, 0.3) is 6.23 Å². The van der Waals surface area contributed by atoms with Crippen molar-refractivity contribution in [2.24, 2.45) is 5.92 Å². The van der Waals surface area contributed by atoms with Crippen LogP contribution >= 0.6 is 0 Å². The molecule has 0 heterocycles. The largest absolute Gasteiger partial charge is 0.438 e. The summed E-state index contributed by atoms with van der Waals surface area (Å²) in [6.45, 7) is 9.46. The lowest BCUT2D eigenvalue weighted by molar-refractivity contribution is -0.980. The molecule has 2 rings (SSSR count). The summed E-state index contributed by atoms with van der Waals surface area (Å²) >= 11 is 0. The van der Waals surface area contributed by atoms with Gasteiger partial charge in [-0.05, 0) is 55.5 Å². The molecule has 0 bridgehead atoms. The maximum Gasteiger partial charge on any atom is 0.261 e. The molecule has 2 atom stereocenters. The Bertz CT molecular complexity index is 709. The van der Waals surface area contributed by atoms with E-state index in [1.807, 2.05) is 37.3 Å². The Morgan fingerprint density at radius 1 is 0.833 bits per heavy atom. The summed E-state index contributed by atoms with van der Waals surface area (Å²) in [6, 6.07) is 19.1. The molecule has 0 saturated heterocycles. The van der Waals surface area contributed by atoms with Crippen LogP contribution in [0.4, 0.5) is 0 Å².